The van der Waals surface area contributed by atoms with Crippen molar-refractivity contribution in [1.82, 2.24) is 16.0 Å². The topological polar surface area (TPSA) is 53.2 Å². The summed E-state index contributed by atoms with van der Waals surface area (Å²) in [6.07, 6.45) is 0.675. The van der Waals surface area contributed by atoms with Crippen molar-refractivity contribution in [2.45, 2.75) is 19.5 Å². The smallest absolute Gasteiger partial charge is 0.220 e. The second-order valence-corrected chi connectivity index (χ2v) is 2.63. The van der Waals surface area contributed by atoms with E-state index in [4.69, 9.17) is 0 Å². The fourth-order valence-electron chi connectivity index (χ4n) is 1.05. The summed E-state index contributed by atoms with van der Waals surface area (Å²) in [6.45, 7) is 4.59. The van der Waals surface area contributed by atoms with Crippen LogP contribution in [0.3, 0.4) is 0 Å². The van der Waals surface area contributed by atoms with E-state index in [1.165, 1.54) is 0 Å². The Hall–Kier alpha value is -0.610. The number of nitrogens with one attached hydrogen (secondary N) is 3. The summed E-state index contributed by atoms with van der Waals surface area (Å²) in [5.41, 5.74) is 0. The third-order valence-corrected chi connectivity index (χ3v) is 1.70. The first-order chi connectivity index (χ1) is 5.33. The zero-order valence-corrected chi connectivity index (χ0v) is 6.81. The molecule has 0 aliphatic carbocycles. The van der Waals surface area contributed by atoms with Gasteiger partial charge in [-0.15, -0.1) is 0 Å². The van der Waals surface area contributed by atoms with Crippen molar-refractivity contribution in [2.24, 2.45) is 0 Å². The molecule has 1 heterocycles. The zero-order chi connectivity index (χ0) is 8.10. The average molecular weight is 157 g/mol. The number of hydrogen-bond acceptors (Lipinski definition) is 3. The number of hydrogen-bond donors (Lipinski definition) is 3. The quantitative estimate of drug-likeness (QED) is 0.483. The van der Waals surface area contributed by atoms with Crippen LogP contribution >= 0.6 is 0 Å². The first-order valence-electron chi connectivity index (χ1n) is 4.06. The predicted molar refractivity (Wildman–Crippen MR) is 43.1 cm³/mol. The summed E-state index contributed by atoms with van der Waals surface area (Å²) in [7, 11) is 0. The van der Waals surface area contributed by atoms with Crippen molar-refractivity contribution in [3.63, 3.8) is 0 Å². The van der Waals surface area contributed by atoms with Gasteiger partial charge in [0, 0.05) is 26.1 Å². The molecule has 11 heavy (non-hydrogen) atoms. The molecular formula is C7H15N3O. The van der Waals surface area contributed by atoms with Crippen LogP contribution in [-0.4, -0.2) is 31.7 Å². The normalized spacial score (nSPS) is 24.6. The molecular weight excluding hydrogens is 142 g/mol. The summed E-state index contributed by atoms with van der Waals surface area (Å²) in [4.78, 5) is 10.9. The highest BCUT2D eigenvalue weighted by molar-refractivity contribution is 5.75. The first kappa shape index (κ1) is 8.49. The Morgan fingerprint density at radius 2 is 2.45 bits per heavy atom. The maximum Gasteiger partial charge on any atom is 0.220 e. The van der Waals surface area contributed by atoms with E-state index in [0.29, 0.717) is 6.42 Å². The lowest BCUT2D eigenvalue weighted by Gasteiger charge is -2.25. The third-order valence-electron chi connectivity index (χ3n) is 1.70. The Bertz CT molecular complexity index is 132. The van der Waals surface area contributed by atoms with E-state index in [0.717, 1.165) is 19.6 Å². The van der Waals surface area contributed by atoms with Gasteiger partial charge in [-0.3, -0.25) is 10.1 Å². The van der Waals surface area contributed by atoms with Crippen LogP contribution in [-0.2, 0) is 4.79 Å². The molecule has 3 N–H and O–H groups in total. The molecule has 0 aromatic heterocycles. The molecule has 1 amide bonds. The summed E-state index contributed by atoms with van der Waals surface area (Å²) >= 11 is 0. The number of carbonyl (C=O) groups excluding carboxylic acids is 1. The fourth-order valence-corrected chi connectivity index (χ4v) is 1.05. The molecule has 0 spiro atoms. The summed E-state index contributed by atoms with van der Waals surface area (Å²) in [5.74, 6) is 0.103. The SMILES string of the molecule is CCC(=O)NC1CNCCN1. The van der Waals surface area contributed by atoms with Gasteiger partial charge in [0.25, 0.3) is 0 Å². The lowest BCUT2D eigenvalue weighted by molar-refractivity contribution is -0.121. The predicted octanol–water partition coefficient (Wildman–Crippen LogP) is -0.968. The highest BCUT2D eigenvalue weighted by Gasteiger charge is 2.12. The monoisotopic (exact) mass is 157 g/mol. The van der Waals surface area contributed by atoms with Crippen molar-refractivity contribution < 1.29 is 4.79 Å². The Kier molecular flexibility index (Phi) is 3.32. The van der Waals surface area contributed by atoms with Crippen LogP contribution in [0.2, 0.25) is 0 Å². The third kappa shape index (κ3) is 2.86. The maximum atomic E-state index is 10.9. The van der Waals surface area contributed by atoms with Crippen molar-refractivity contribution in [1.29, 1.82) is 0 Å². The van der Waals surface area contributed by atoms with E-state index in [9.17, 15) is 4.79 Å². The average Bonchev–Trinajstić information content (AvgIpc) is 2.06. The Balaban J connectivity index is 2.19. The molecule has 0 bridgehead atoms. The first-order valence-corrected chi connectivity index (χ1v) is 4.06. The van der Waals surface area contributed by atoms with Crippen LogP contribution in [0, 0.1) is 0 Å². The molecule has 1 atom stereocenters. The summed E-state index contributed by atoms with van der Waals surface area (Å²) < 4.78 is 0. The highest BCUT2D eigenvalue weighted by Crippen LogP contribution is 1.83. The van der Waals surface area contributed by atoms with Gasteiger partial charge < -0.3 is 10.6 Å². The van der Waals surface area contributed by atoms with E-state index in [1.54, 1.807) is 0 Å². The van der Waals surface area contributed by atoms with Crippen molar-refractivity contribution in [3.8, 4) is 0 Å². The van der Waals surface area contributed by atoms with Crippen molar-refractivity contribution in [3.05, 3.63) is 0 Å². The van der Waals surface area contributed by atoms with Gasteiger partial charge in [-0.25, -0.2) is 0 Å². The lowest BCUT2D eigenvalue weighted by Crippen LogP contribution is -2.56. The van der Waals surface area contributed by atoms with Crippen LogP contribution in [0.1, 0.15) is 13.3 Å². The number of amides is 1. The fraction of sp³-hybridized carbons (Fsp3) is 0.857. The summed E-state index contributed by atoms with van der Waals surface area (Å²) in [6, 6.07) is 0. The molecule has 4 nitrogen and oxygen atoms in total. The highest BCUT2D eigenvalue weighted by atomic mass is 16.1. The molecule has 1 aliphatic rings. The second-order valence-electron chi connectivity index (χ2n) is 2.63. The van der Waals surface area contributed by atoms with Gasteiger partial charge in [-0.05, 0) is 0 Å². The molecule has 0 saturated carbocycles. The van der Waals surface area contributed by atoms with Gasteiger partial charge in [0.2, 0.25) is 5.91 Å². The van der Waals surface area contributed by atoms with Gasteiger partial charge in [0.15, 0.2) is 0 Å². The minimum absolute atomic E-state index is 0.103. The molecule has 1 saturated heterocycles. The van der Waals surface area contributed by atoms with E-state index < -0.39 is 0 Å². The zero-order valence-electron chi connectivity index (χ0n) is 6.81. The Labute approximate surface area is 66.7 Å². The van der Waals surface area contributed by atoms with Crippen LogP contribution in [0.5, 0.6) is 0 Å². The second kappa shape index (κ2) is 4.31. The standard InChI is InChI=1S/C7H15N3O/c1-2-7(11)10-6-5-8-3-4-9-6/h6,8-9H,2-5H2,1H3,(H,10,11). The molecule has 0 aromatic rings. The lowest BCUT2D eigenvalue weighted by atomic mass is 10.3. The molecule has 4 heteroatoms. The molecule has 0 radical (unpaired) electrons. The molecule has 64 valence electrons. The molecule has 0 aromatic carbocycles. The van der Waals surface area contributed by atoms with Crippen LogP contribution in [0.4, 0.5) is 0 Å². The van der Waals surface area contributed by atoms with E-state index in [2.05, 4.69) is 16.0 Å². The number of rotatable bonds is 2. The Morgan fingerprint density at radius 1 is 1.64 bits per heavy atom. The van der Waals surface area contributed by atoms with Gasteiger partial charge in [-0.2, -0.15) is 0 Å². The van der Waals surface area contributed by atoms with Gasteiger partial charge in [0.05, 0.1) is 6.17 Å². The van der Waals surface area contributed by atoms with Crippen molar-refractivity contribution >= 4 is 5.91 Å². The minimum Gasteiger partial charge on any atom is -0.339 e. The van der Waals surface area contributed by atoms with E-state index in [-0.39, 0.29) is 12.1 Å². The van der Waals surface area contributed by atoms with E-state index >= 15 is 0 Å². The van der Waals surface area contributed by atoms with Gasteiger partial charge in [0.1, 0.15) is 0 Å². The summed E-state index contributed by atoms with van der Waals surface area (Å²) in [5, 5.41) is 9.23. The van der Waals surface area contributed by atoms with Crippen LogP contribution in [0.15, 0.2) is 0 Å². The van der Waals surface area contributed by atoms with E-state index in [1.807, 2.05) is 6.92 Å². The van der Waals surface area contributed by atoms with Crippen molar-refractivity contribution in [2.75, 3.05) is 19.6 Å². The molecule has 1 unspecified atom stereocenters. The van der Waals surface area contributed by atoms with Gasteiger partial charge >= 0.3 is 0 Å². The molecule has 1 fully saturated rings. The Morgan fingerprint density at radius 3 is 3.00 bits per heavy atom. The van der Waals surface area contributed by atoms with Crippen LogP contribution in [0.25, 0.3) is 0 Å². The van der Waals surface area contributed by atoms with Crippen LogP contribution < -0.4 is 16.0 Å². The largest absolute Gasteiger partial charge is 0.339 e. The number of carbonyl (C=O) groups is 1. The van der Waals surface area contributed by atoms with Gasteiger partial charge in [-0.1, -0.05) is 6.92 Å². The minimum atomic E-state index is 0.103. The maximum absolute atomic E-state index is 10.9. The number of piperazine rings is 1. The molecule has 1 aliphatic heterocycles. The molecule has 1 rings (SSSR count).